The highest BCUT2D eigenvalue weighted by Crippen LogP contribution is 2.14. The SMILES string of the molecule is Sc1ccc(OCl)cc1. The summed E-state index contributed by atoms with van der Waals surface area (Å²) in [6.45, 7) is 0. The molecule has 0 fully saturated rings. The van der Waals surface area contributed by atoms with Crippen LogP contribution in [0.15, 0.2) is 29.2 Å². The Hall–Kier alpha value is -0.340. The molecule has 0 aliphatic carbocycles. The topological polar surface area (TPSA) is 9.23 Å². The lowest BCUT2D eigenvalue weighted by molar-refractivity contribution is 0.618. The predicted molar refractivity (Wildman–Crippen MR) is 40.2 cm³/mol. The van der Waals surface area contributed by atoms with Crippen molar-refractivity contribution in [1.82, 2.24) is 0 Å². The Morgan fingerprint density at radius 2 is 1.78 bits per heavy atom. The first-order valence-corrected chi connectivity index (χ1v) is 3.16. The third-order valence-electron chi connectivity index (χ3n) is 0.926. The van der Waals surface area contributed by atoms with Crippen LogP contribution in [0.25, 0.3) is 0 Å². The summed E-state index contributed by atoms with van der Waals surface area (Å²) in [5.74, 6) is 0.634. The van der Waals surface area contributed by atoms with Crippen LogP contribution >= 0.6 is 24.5 Å². The van der Waals surface area contributed by atoms with Gasteiger partial charge in [0.1, 0.15) is 17.6 Å². The van der Waals surface area contributed by atoms with E-state index in [0.717, 1.165) is 4.90 Å². The Bertz CT molecular complexity index is 185. The number of rotatable bonds is 1. The van der Waals surface area contributed by atoms with Crippen molar-refractivity contribution in [3.8, 4) is 5.75 Å². The maximum Gasteiger partial charge on any atom is 0.146 e. The quantitative estimate of drug-likeness (QED) is 0.622. The van der Waals surface area contributed by atoms with Gasteiger partial charge in [-0.3, -0.25) is 0 Å². The van der Waals surface area contributed by atoms with Crippen LogP contribution in [0.1, 0.15) is 0 Å². The lowest BCUT2D eigenvalue weighted by Crippen LogP contribution is -1.71. The van der Waals surface area contributed by atoms with E-state index in [4.69, 9.17) is 11.9 Å². The van der Waals surface area contributed by atoms with Gasteiger partial charge >= 0.3 is 0 Å². The molecule has 1 aromatic carbocycles. The zero-order valence-electron chi connectivity index (χ0n) is 4.54. The van der Waals surface area contributed by atoms with E-state index in [2.05, 4.69) is 16.9 Å². The van der Waals surface area contributed by atoms with Crippen molar-refractivity contribution in [1.29, 1.82) is 0 Å². The fourth-order valence-electron chi connectivity index (χ4n) is 0.498. The van der Waals surface area contributed by atoms with Crippen molar-refractivity contribution in [3.05, 3.63) is 24.3 Å². The van der Waals surface area contributed by atoms with Crippen LogP contribution in [0.2, 0.25) is 0 Å². The van der Waals surface area contributed by atoms with Crippen LogP contribution in [0.3, 0.4) is 0 Å². The van der Waals surface area contributed by atoms with Crippen LogP contribution in [0.5, 0.6) is 5.75 Å². The molecule has 0 aromatic heterocycles. The van der Waals surface area contributed by atoms with Crippen molar-refractivity contribution >= 4 is 24.5 Å². The second-order valence-corrected chi connectivity index (χ2v) is 2.24. The van der Waals surface area contributed by atoms with E-state index in [9.17, 15) is 0 Å². The molecule has 48 valence electrons. The van der Waals surface area contributed by atoms with E-state index < -0.39 is 0 Å². The predicted octanol–water partition coefficient (Wildman–Crippen LogP) is 2.51. The smallest absolute Gasteiger partial charge is 0.146 e. The molecule has 1 aromatic rings. The molecule has 0 radical (unpaired) electrons. The molecule has 0 N–H and O–H groups in total. The average Bonchev–Trinajstić information content (AvgIpc) is 1.90. The Morgan fingerprint density at radius 3 is 2.22 bits per heavy atom. The van der Waals surface area contributed by atoms with Gasteiger partial charge in [-0.25, -0.2) is 0 Å². The van der Waals surface area contributed by atoms with E-state index in [0.29, 0.717) is 5.75 Å². The maximum atomic E-state index is 5.05. The van der Waals surface area contributed by atoms with E-state index in [-0.39, 0.29) is 0 Å². The number of benzene rings is 1. The van der Waals surface area contributed by atoms with Crippen molar-refractivity contribution in [3.63, 3.8) is 0 Å². The molecule has 0 saturated carbocycles. The number of hydrogen-bond donors (Lipinski definition) is 1. The zero-order valence-corrected chi connectivity index (χ0v) is 6.19. The standard InChI is InChI=1S/C6H5ClOS/c7-8-5-1-3-6(9)4-2-5/h1-4,9H. The minimum Gasteiger partial charge on any atom is -0.386 e. The highest BCUT2D eigenvalue weighted by molar-refractivity contribution is 7.80. The molecule has 1 rings (SSSR count). The molecule has 0 heterocycles. The van der Waals surface area contributed by atoms with Gasteiger partial charge in [0.15, 0.2) is 0 Å². The molecule has 9 heavy (non-hydrogen) atoms. The van der Waals surface area contributed by atoms with Crippen LogP contribution in [-0.4, -0.2) is 0 Å². The molecule has 0 spiro atoms. The van der Waals surface area contributed by atoms with Gasteiger partial charge in [0.25, 0.3) is 0 Å². The van der Waals surface area contributed by atoms with Crippen LogP contribution < -0.4 is 4.29 Å². The molecular weight excluding hydrogens is 156 g/mol. The molecular formula is C6H5ClOS. The summed E-state index contributed by atoms with van der Waals surface area (Å²) in [6, 6.07) is 7.10. The summed E-state index contributed by atoms with van der Waals surface area (Å²) in [6.07, 6.45) is 0. The Morgan fingerprint density at radius 1 is 1.22 bits per heavy atom. The normalized spacial score (nSPS) is 9.11. The molecule has 1 nitrogen and oxygen atoms in total. The monoisotopic (exact) mass is 160 g/mol. The molecule has 0 amide bonds. The molecule has 0 unspecified atom stereocenters. The van der Waals surface area contributed by atoms with Gasteiger partial charge in [0.05, 0.1) is 0 Å². The number of halogens is 1. The van der Waals surface area contributed by atoms with Gasteiger partial charge in [-0.15, -0.1) is 12.6 Å². The fourth-order valence-corrected chi connectivity index (χ4v) is 0.750. The minimum atomic E-state index is 0.634. The summed E-state index contributed by atoms with van der Waals surface area (Å²) in [4.78, 5) is 0.896. The number of hydrogen-bond acceptors (Lipinski definition) is 2. The molecule has 0 saturated heterocycles. The molecule has 3 heteroatoms. The van der Waals surface area contributed by atoms with Gasteiger partial charge in [-0.2, -0.15) is 0 Å². The largest absolute Gasteiger partial charge is 0.386 e. The third-order valence-corrected chi connectivity index (χ3v) is 1.40. The summed E-state index contributed by atoms with van der Waals surface area (Å²) in [7, 11) is 0. The summed E-state index contributed by atoms with van der Waals surface area (Å²) in [5, 5.41) is 0. The Kier molecular flexibility index (Phi) is 2.25. The summed E-state index contributed by atoms with van der Waals surface area (Å²) < 4.78 is 4.41. The van der Waals surface area contributed by atoms with Crippen LogP contribution in [-0.2, 0) is 0 Å². The Labute approximate surface area is 64.2 Å². The second-order valence-electron chi connectivity index (χ2n) is 1.57. The van der Waals surface area contributed by atoms with E-state index in [1.54, 1.807) is 24.3 Å². The van der Waals surface area contributed by atoms with Crippen molar-refractivity contribution in [2.24, 2.45) is 0 Å². The molecule has 0 atom stereocenters. The lowest BCUT2D eigenvalue weighted by Gasteiger charge is -1.93. The summed E-state index contributed by atoms with van der Waals surface area (Å²) >= 11 is 9.13. The highest BCUT2D eigenvalue weighted by Gasteiger charge is 1.88. The van der Waals surface area contributed by atoms with Gasteiger partial charge in [0.2, 0.25) is 0 Å². The molecule has 0 bridgehead atoms. The summed E-state index contributed by atoms with van der Waals surface area (Å²) in [5.41, 5.74) is 0. The van der Waals surface area contributed by atoms with Gasteiger partial charge < -0.3 is 4.29 Å². The number of thiol groups is 1. The van der Waals surface area contributed by atoms with Crippen molar-refractivity contribution in [2.75, 3.05) is 0 Å². The van der Waals surface area contributed by atoms with Crippen molar-refractivity contribution in [2.45, 2.75) is 4.90 Å². The molecule has 0 aliphatic rings. The fraction of sp³-hybridized carbons (Fsp3) is 0. The average molecular weight is 161 g/mol. The molecule has 0 aliphatic heterocycles. The third kappa shape index (κ3) is 1.80. The maximum absolute atomic E-state index is 5.05. The van der Waals surface area contributed by atoms with Crippen LogP contribution in [0, 0.1) is 0 Å². The Balaban J connectivity index is 2.88. The van der Waals surface area contributed by atoms with Gasteiger partial charge in [0, 0.05) is 4.90 Å². The zero-order chi connectivity index (χ0) is 6.69. The van der Waals surface area contributed by atoms with Crippen molar-refractivity contribution < 1.29 is 4.29 Å². The first kappa shape index (κ1) is 6.78. The minimum absolute atomic E-state index is 0.634. The van der Waals surface area contributed by atoms with Crippen LogP contribution in [0.4, 0.5) is 0 Å². The van der Waals surface area contributed by atoms with E-state index in [1.807, 2.05) is 0 Å². The highest BCUT2D eigenvalue weighted by atomic mass is 35.5. The first-order chi connectivity index (χ1) is 4.33. The van der Waals surface area contributed by atoms with E-state index in [1.165, 1.54) is 0 Å². The first-order valence-electron chi connectivity index (χ1n) is 2.40. The second kappa shape index (κ2) is 2.99. The lowest BCUT2D eigenvalue weighted by atomic mass is 10.3. The van der Waals surface area contributed by atoms with E-state index >= 15 is 0 Å². The van der Waals surface area contributed by atoms with Gasteiger partial charge in [-0.05, 0) is 24.3 Å². The van der Waals surface area contributed by atoms with Gasteiger partial charge in [-0.1, -0.05) is 0 Å².